The van der Waals surface area contributed by atoms with Crippen molar-refractivity contribution < 1.29 is 9.47 Å². The Balaban J connectivity index is 2.72. The highest BCUT2D eigenvalue weighted by Crippen LogP contribution is 2.34. The van der Waals surface area contributed by atoms with Gasteiger partial charge in [-0.3, -0.25) is 0 Å². The second kappa shape index (κ2) is 7.18. The first-order valence-electron chi connectivity index (χ1n) is 5.44. The highest BCUT2D eigenvalue weighted by molar-refractivity contribution is 6.32. The molecule has 0 aliphatic carbocycles. The number of hydrogen-bond acceptors (Lipinski definition) is 2. The molecule has 0 spiro atoms. The molecule has 0 aliphatic rings. The van der Waals surface area contributed by atoms with Gasteiger partial charge in [-0.15, -0.1) is 0 Å². The van der Waals surface area contributed by atoms with Crippen LogP contribution in [-0.2, 0) is 0 Å². The van der Waals surface area contributed by atoms with E-state index >= 15 is 0 Å². The molecule has 3 heteroatoms. The summed E-state index contributed by atoms with van der Waals surface area (Å²) in [4.78, 5) is 0. The fraction of sp³-hybridized carbons (Fsp3) is 0.385. The Bertz CT molecular complexity index is 337. The molecule has 0 N–H and O–H groups in total. The molecule has 0 heterocycles. The van der Waals surface area contributed by atoms with Crippen LogP contribution in [0.5, 0.6) is 11.5 Å². The van der Waals surface area contributed by atoms with Gasteiger partial charge in [-0.2, -0.15) is 0 Å². The van der Waals surface area contributed by atoms with Crippen molar-refractivity contribution in [2.75, 3.05) is 13.2 Å². The van der Waals surface area contributed by atoms with E-state index in [1.165, 1.54) is 0 Å². The van der Waals surface area contributed by atoms with Gasteiger partial charge >= 0.3 is 0 Å². The van der Waals surface area contributed by atoms with Crippen molar-refractivity contribution in [3.63, 3.8) is 0 Å². The monoisotopic (exact) mass is 240 g/mol. The highest BCUT2D eigenvalue weighted by Gasteiger charge is 2.08. The molecule has 0 radical (unpaired) electrons. The zero-order valence-corrected chi connectivity index (χ0v) is 10.3. The van der Waals surface area contributed by atoms with Crippen LogP contribution in [0.3, 0.4) is 0 Å². The lowest BCUT2D eigenvalue weighted by Gasteiger charge is -2.12. The third-order valence-electron chi connectivity index (χ3n) is 2.03. The summed E-state index contributed by atoms with van der Waals surface area (Å²) >= 11 is 6.04. The number of para-hydroxylation sites is 1. The molecule has 0 saturated carbocycles. The Kier molecular flexibility index (Phi) is 5.79. The maximum absolute atomic E-state index is 6.04. The fourth-order valence-electron chi connectivity index (χ4n) is 1.21. The van der Waals surface area contributed by atoms with Crippen LogP contribution in [0.25, 0.3) is 0 Å². The van der Waals surface area contributed by atoms with Crippen molar-refractivity contribution in [3.05, 3.63) is 35.9 Å². The average Bonchev–Trinajstić information content (AvgIpc) is 2.28. The first-order valence-corrected chi connectivity index (χ1v) is 5.82. The van der Waals surface area contributed by atoms with Crippen molar-refractivity contribution in [3.8, 4) is 11.5 Å². The summed E-state index contributed by atoms with van der Waals surface area (Å²) in [6.45, 7) is 6.83. The van der Waals surface area contributed by atoms with Crippen LogP contribution in [0.1, 0.15) is 19.8 Å². The van der Waals surface area contributed by atoms with Gasteiger partial charge in [-0.1, -0.05) is 43.7 Å². The second-order valence-corrected chi connectivity index (χ2v) is 3.78. The van der Waals surface area contributed by atoms with Crippen molar-refractivity contribution in [1.29, 1.82) is 0 Å². The molecule has 0 aromatic heterocycles. The van der Waals surface area contributed by atoms with Gasteiger partial charge in [0.1, 0.15) is 6.61 Å². The number of benzene rings is 1. The summed E-state index contributed by atoms with van der Waals surface area (Å²) < 4.78 is 11.1. The van der Waals surface area contributed by atoms with E-state index in [1.807, 2.05) is 12.1 Å². The lowest BCUT2D eigenvalue weighted by atomic mass is 10.3. The van der Waals surface area contributed by atoms with Crippen LogP contribution in [-0.4, -0.2) is 13.2 Å². The number of halogens is 1. The molecular weight excluding hydrogens is 224 g/mol. The predicted molar refractivity (Wildman–Crippen MR) is 67.5 cm³/mol. The van der Waals surface area contributed by atoms with E-state index in [2.05, 4.69) is 13.5 Å². The molecule has 0 atom stereocenters. The Morgan fingerprint density at radius 2 is 2.19 bits per heavy atom. The number of unbranched alkanes of at least 4 members (excludes halogenated alkanes) is 1. The number of ether oxygens (including phenoxy) is 2. The van der Waals surface area contributed by atoms with Crippen LogP contribution >= 0.6 is 11.6 Å². The average molecular weight is 241 g/mol. The fourth-order valence-corrected chi connectivity index (χ4v) is 1.43. The molecule has 0 fully saturated rings. The second-order valence-electron chi connectivity index (χ2n) is 3.37. The zero-order valence-electron chi connectivity index (χ0n) is 9.54. The molecule has 1 rings (SSSR count). The molecule has 0 amide bonds. The van der Waals surface area contributed by atoms with E-state index in [4.69, 9.17) is 21.1 Å². The first kappa shape index (κ1) is 12.9. The summed E-state index contributed by atoms with van der Waals surface area (Å²) in [5, 5.41) is 0.566. The normalized spacial score (nSPS) is 9.88. The van der Waals surface area contributed by atoms with Gasteiger partial charge in [0.05, 0.1) is 11.6 Å². The zero-order chi connectivity index (χ0) is 11.8. The summed E-state index contributed by atoms with van der Waals surface area (Å²) in [5.41, 5.74) is 0. The molecule has 88 valence electrons. The predicted octanol–water partition coefficient (Wildman–Crippen LogP) is 4.08. The maximum Gasteiger partial charge on any atom is 0.180 e. The smallest absolute Gasteiger partial charge is 0.180 e. The minimum absolute atomic E-state index is 0.424. The van der Waals surface area contributed by atoms with E-state index in [-0.39, 0.29) is 0 Å². The van der Waals surface area contributed by atoms with Crippen LogP contribution in [0, 0.1) is 0 Å². The van der Waals surface area contributed by atoms with Crippen molar-refractivity contribution in [2.45, 2.75) is 19.8 Å². The minimum atomic E-state index is 0.424. The van der Waals surface area contributed by atoms with Gasteiger partial charge in [-0.25, -0.2) is 0 Å². The van der Waals surface area contributed by atoms with Gasteiger partial charge in [0.25, 0.3) is 0 Å². The van der Waals surface area contributed by atoms with Crippen molar-refractivity contribution in [1.82, 2.24) is 0 Å². The third-order valence-corrected chi connectivity index (χ3v) is 2.33. The van der Waals surface area contributed by atoms with Gasteiger partial charge < -0.3 is 9.47 Å². The molecule has 1 aromatic rings. The highest BCUT2D eigenvalue weighted by atomic mass is 35.5. The lowest BCUT2D eigenvalue weighted by Crippen LogP contribution is -2.01. The van der Waals surface area contributed by atoms with E-state index < -0.39 is 0 Å². The first-order chi connectivity index (χ1) is 7.79. The molecule has 1 aromatic carbocycles. The Hall–Kier alpha value is -1.15. The molecule has 0 bridgehead atoms. The SMILES string of the molecule is C=CCOc1c(Cl)cccc1OCCCC. The van der Waals surface area contributed by atoms with Crippen molar-refractivity contribution in [2.24, 2.45) is 0 Å². The molecule has 0 aliphatic heterocycles. The Labute approximate surface area is 102 Å². The van der Waals surface area contributed by atoms with E-state index in [9.17, 15) is 0 Å². The standard InChI is InChI=1S/C13H17ClO2/c1-3-5-10-15-12-8-6-7-11(14)13(12)16-9-4-2/h4,6-8H,2-3,5,9-10H2,1H3. The number of rotatable bonds is 7. The van der Waals surface area contributed by atoms with Gasteiger partial charge in [0.2, 0.25) is 0 Å². The van der Waals surface area contributed by atoms with Crippen LogP contribution in [0.15, 0.2) is 30.9 Å². The van der Waals surface area contributed by atoms with Gasteiger partial charge in [0.15, 0.2) is 11.5 Å². The number of hydrogen-bond donors (Lipinski definition) is 0. The van der Waals surface area contributed by atoms with Crippen LogP contribution in [0.4, 0.5) is 0 Å². The van der Waals surface area contributed by atoms with E-state index in [0.717, 1.165) is 12.8 Å². The summed E-state index contributed by atoms with van der Waals surface area (Å²) in [7, 11) is 0. The van der Waals surface area contributed by atoms with Crippen LogP contribution < -0.4 is 9.47 Å². The quantitative estimate of drug-likeness (QED) is 0.528. The molecule has 0 unspecified atom stereocenters. The maximum atomic E-state index is 6.04. The topological polar surface area (TPSA) is 18.5 Å². The van der Waals surface area contributed by atoms with Gasteiger partial charge in [-0.05, 0) is 18.6 Å². The molecule has 0 saturated heterocycles. The largest absolute Gasteiger partial charge is 0.490 e. The molecular formula is C13H17ClO2. The van der Waals surface area contributed by atoms with E-state index in [1.54, 1.807) is 12.1 Å². The van der Waals surface area contributed by atoms with Gasteiger partial charge in [0, 0.05) is 0 Å². The van der Waals surface area contributed by atoms with Crippen molar-refractivity contribution >= 4 is 11.6 Å². The van der Waals surface area contributed by atoms with E-state index in [0.29, 0.717) is 29.7 Å². The summed E-state index contributed by atoms with van der Waals surface area (Å²) in [5.74, 6) is 1.29. The summed E-state index contributed by atoms with van der Waals surface area (Å²) in [6, 6.07) is 5.50. The lowest BCUT2D eigenvalue weighted by molar-refractivity contribution is 0.279. The Morgan fingerprint density at radius 3 is 2.88 bits per heavy atom. The minimum Gasteiger partial charge on any atom is -0.490 e. The van der Waals surface area contributed by atoms with Crippen LogP contribution in [0.2, 0.25) is 5.02 Å². The third kappa shape index (κ3) is 3.78. The molecule has 2 nitrogen and oxygen atoms in total. The molecule has 16 heavy (non-hydrogen) atoms. The summed E-state index contributed by atoms with van der Waals surface area (Å²) in [6.07, 6.45) is 3.80. The Morgan fingerprint density at radius 1 is 1.38 bits per heavy atom.